The highest BCUT2D eigenvalue weighted by Crippen LogP contribution is 2.23. The molecule has 17 heavy (non-hydrogen) atoms. The molecule has 1 aromatic rings. The molecule has 5 nitrogen and oxygen atoms in total. The summed E-state index contributed by atoms with van der Waals surface area (Å²) in [4.78, 5) is 10.1. The number of benzene rings is 1. The molecular weight excluding hydrogens is 220 g/mol. The van der Waals surface area contributed by atoms with Gasteiger partial charge in [-0.05, 0) is 37.8 Å². The van der Waals surface area contributed by atoms with Crippen molar-refractivity contribution in [2.75, 3.05) is 5.32 Å². The lowest BCUT2D eigenvalue weighted by atomic mass is 9.93. The second-order valence-corrected chi connectivity index (χ2v) is 4.45. The molecular formula is C12H16N2O3. The maximum absolute atomic E-state index is 10.5. The van der Waals surface area contributed by atoms with Crippen LogP contribution in [0.15, 0.2) is 24.3 Å². The largest absolute Gasteiger partial charge is 0.393 e. The fourth-order valence-corrected chi connectivity index (χ4v) is 2.14. The van der Waals surface area contributed by atoms with Crippen LogP contribution < -0.4 is 5.32 Å². The summed E-state index contributed by atoms with van der Waals surface area (Å²) in [5.74, 6) is 0. The van der Waals surface area contributed by atoms with Crippen LogP contribution in [0.3, 0.4) is 0 Å². The molecule has 2 N–H and O–H groups in total. The molecule has 0 aliphatic heterocycles. The summed E-state index contributed by atoms with van der Waals surface area (Å²) >= 11 is 0. The van der Waals surface area contributed by atoms with E-state index in [-0.39, 0.29) is 11.8 Å². The SMILES string of the molecule is O=[N+]([O-])c1ccc(NC2CCC(O)CC2)cc1. The number of non-ortho nitro benzene ring substituents is 1. The van der Waals surface area contributed by atoms with Gasteiger partial charge in [0.15, 0.2) is 0 Å². The molecule has 0 atom stereocenters. The highest BCUT2D eigenvalue weighted by Gasteiger charge is 2.19. The van der Waals surface area contributed by atoms with Gasteiger partial charge in [-0.2, -0.15) is 0 Å². The number of aliphatic hydroxyl groups excluding tert-OH is 1. The molecule has 0 saturated heterocycles. The van der Waals surface area contributed by atoms with E-state index in [1.54, 1.807) is 12.1 Å². The van der Waals surface area contributed by atoms with E-state index in [2.05, 4.69) is 5.32 Å². The van der Waals surface area contributed by atoms with Crippen molar-refractivity contribution >= 4 is 11.4 Å². The van der Waals surface area contributed by atoms with E-state index in [4.69, 9.17) is 0 Å². The van der Waals surface area contributed by atoms with Gasteiger partial charge in [-0.1, -0.05) is 0 Å². The first-order chi connectivity index (χ1) is 8.15. The van der Waals surface area contributed by atoms with Crippen molar-refractivity contribution < 1.29 is 10.0 Å². The number of hydrogen-bond acceptors (Lipinski definition) is 4. The summed E-state index contributed by atoms with van der Waals surface area (Å²) in [5, 5.41) is 23.2. The van der Waals surface area contributed by atoms with E-state index < -0.39 is 4.92 Å². The third kappa shape index (κ3) is 3.17. The molecule has 0 amide bonds. The zero-order valence-corrected chi connectivity index (χ0v) is 9.50. The summed E-state index contributed by atoms with van der Waals surface area (Å²) in [6, 6.07) is 6.81. The Morgan fingerprint density at radius 1 is 1.18 bits per heavy atom. The van der Waals surface area contributed by atoms with Crippen molar-refractivity contribution in [2.24, 2.45) is 0 Å². The molecule has 0 aromatic heterocycles. The number of nitro benzene ring substituents is 1. The lowest BCUT2D eigenvalue weighted by Gasteiger charge is -2.26. The Balaban J connectivity index is 1.92. The summed E-state index contributed by atoms with van der Waals surface area (Å²) < 4.78 is 0. The standard InChI is InChI=1S/C12H16N2O3/c15-12-7-3-10(4-8-12)13-9-1-5-11(6-2-9)14(16)17/h1-2,5-6,10,12-13,15H,3-4,7-8H2. The van der Waals surface area contributed by atoms with Crippen LogP contribution in [-0.4, -0.2) is 22.2 Å². The highest BCUT2D eigenvalue weighted by molar-refractivity contribution is 5.49. The predicted octanol–water partition coefficient (Wildman–Crippen LogP) is 2.31. The number of nitro groups is 1. The summed E-state index contributed by atoms with van der Waals surface area (Å²) in [5.41, 5.74) is 1.01. The van der Waals surface area contributed by atoms with Gasteiger partial charge in [0.2, 0.25) is 0 Å². The average molecular weight is 236 g/mol. The van der Waals surface area contributed by atoms with E-state index in [0.29, 0.717) is 6.04 Å². The van der Waals surface area contributed by atoms with Gasteiger partial charge in [0.25, 0.3) is 5.69 Å². The maximum Gasteiger partial charge on any atom is 0.269 e. The van der Waals surface area contributed by atoms with Gasteiger partial charge in [-0.25, -0.2) is 0 Å². The molecule has 5 heteroatoms. The van der Waals surface area contributed by atoms with Crippen LogP contribution in [0, 0.1) is 10.1 Å². The Kier molecular flexibility index (Phi) is 3.58. The van der Waals surface area contributed by atoms with Gasteiger partial charge >= 0.3 is 0 Å². The number of anilines is 1. The minimum absolute atomic E-state index is 0.106. The van der Waals surface area contributed by atoms with Crippen LogP contribution in [0.2, 0.25) is 0 Å². The molecule has 1 aliphatic carbocycles. The Morgan fingerprint density at radius 2 is 1.76 bits per heavy atom. The van der Waals surface area contributed by atoms with Gasteiger partial charge in [-0.15, -0.1) is 0 Å². The maximum atomic E-state index is 10.5. The molecule has 92 valence electrons. The van der Waals surface area contributed by atoms with Crippen molar-refractivity contribution in [3.05, 3.63) is 34.4 Å². The first-order valence-corrected chi connectivity index (χ1v) is 5.84. The first-order valence-electron chi connectivity index (χ1n) is 5.84. The first kappa shape index (κ1) is 11.9. The third-order valence-electron chi connectivity index (χ3n) is 3.15. The van der Waals surface area contributed by atoms with Crippen molar-refractivity contribution in [1.82, 2.24) is 0 Å². The number of aliphatic hydroxyl groups is 1. The van der Waals surface area contributed by atoms with Gasteiger partial charge in [0.05, 0.1) is 11.0 Å². The fourth-order valence-electron chi connectivity index (χ4n) is 2.14. The fraction of sp³-hybridized carbons (Fsp3) is 0.500. The monoisotopic (exact) mass is 236 g/mol. The van der Waals surface area contributed by atoms with Crippen molar-refractivity contribution in [3.8, 4) is 0 Å². The quantitative estimate of drug-likeness (QED) is 0.623. The van der Waals surface area contributed by atoms with E-state index in [9.17, 15) is 15.2 Å². The summed E-state index contributed by atoms with van der Waals surface area (Å²) in [6.45, 7) is 0. The van der Waals surface area contributed by atoms with E-state index >= 15 is 0 Å². The van der Waals surface area contributed by atoms with Gasteiger partial charge in [0.1, 0.15) is 0 Å². The lowest BCUT2D eigenvalue weighted by Crippen LogP contribution is -2.28. The van der Waals surface area contributed by atoms with Crippen LogP contribution in [0.25, 0.3) is 0 Å². The van der Waals surface area contributed by atoms with Crippen LogP contribution >= 0.6 is 0 Å². The van der Waals surface area contributed by atoms with Gasteiger partial charge in [-0.3, -0.25) is 10.1 Å². The summed E-state index contributed by atoms with van der Waals surface area (Å²) in [7, 11) is 0. The molecule has 0 spiro atoms. The number of nitrogens with one attached hydrogen (secondary N) is 1. The van der Waals surface area contributed by atoms with Crippen LogP contribution in [0.1, 0.15) is 25.7 Å². The molecule has 1 aliphatic rings. The number of nitrogens with zero attached hydrogens (tertiary/aromatic N) is 1. The van der Waals surface area contributed by atoms with Crippen molar-refractivity contribution in [3.63, 3.8) is 0 Å². The minimum Gasteiger partial charge on any atom is -0.393 e. The van der Waals surface area contributed by atoms with E-state index in [1.807, 2.05) is 0 Å². The van der Waals surface area contributed by atoms with E-state index in [0.717, 1.165) is 31.4 Å². The molecule has 2 rings (SSSR count). The van der Waals surface area contributed by atoms with Crippen LogP contribution in [0.4, 0.5) is 11.4 Å². The van der Waals surface area contributed by atoms with Crippen molar-refractivity contribution in [1.29, 1.82) is 0 Å². The highest BCUT2D eigenvalue weighted by atomic mass is 16.6. The Morgan fingerprint density at radius 3 is 2.29 bits per heavy atom. The van der Waals surface area contributed by atoms with E-state index in [1.165, 1.54) is 12.1 Å². The molecule has 1 saturated carbocycles. The Hall–Kier alpha value is -1.62. The van der Waals surface area contributed by atoms with Crippen molar-refractivity contribution in [2.45, 2.75) is 37.8 Å². The zero-order valence-electron chi connectivity index (χ0n) is 9.50. The third-order valence-corrected chi connectivity index (χ3v) is 3.15. The van der Waals surface area contributed by atoms with Crippen LogP contribution in [-0.2, 0) is 0 Å². The summed E-state index contributed by atoms with van der Waals surface area (Å²) in [6.07, 6.45) is 3.37. The molecule has 1 aromatic carbocycles. The predicted molar refractivity (Wildman–Crippen MR) is 65.0 cm³/mol. The topological polar surface area (TPSA) is 75.4 Å². The van der Waals surface area contributed by atoms with Crippen LogP contribution in [0.5, 0.6) is 0 Å². The molecule has 1 fully saturated rings. The van der Waals surface area contributed by atoms with Gasteiger partial charge < -0.3 is 10.4 Å². The minimum atomic E-state index is -0.402. The molecule has 0 heterocycles. The Labute approximate surface area is 99.6 Å². The number of rotatable bonds is 3. The smallest absolute Gasteiger partial charge is 0.269 e. The normalized spacial score (nSPS) is 24.3. The average Bonchev–Trinajstić information content (AvgIpc) is 2.33. The zero-order chi connectivity index (χ0) is 12.3. The molecule has 0 unspecified atom stereocenters. The second-order valence-electron chi connectivity index (χ2n) is 4.45. The van der Waals surface area contributed by atoms with Gasteiger partial charge in [0, 0.05) is 23.9 Å². The Bertz CT molecular complexity index is 383. The molecule has 0 bridgehead atoms. The molecule has 0 radical (unpaired) electrons. The second kappa shape index (κ2) is 5.14. The lowest BCUT2D eigenvalue weighted by molar-refractivity contribution is -0.384. The number of hydrogen-bond donors (Lipinski definition) is 2.